The topological polar surface area (TPSA) is 17.3 Å². The Labute approximate surface area is 226 Å². The molecule has 1 aromatic heterocycles. The molecule has 0 N–H and O–H groups in total. The van der Waals surface area contributed by atoms with Gasteiger partial charge in [-0.3, -0.25) is 0 Å². The molecule has 5 aromatic rings. The van der Waals surface area contributed by atoms with Crippen LogP contribution in [0.5, 0.6) is 0 Å². The van der Waals surface area contributed by atoms with Crippen molar-refractivity contribution in [2.45, 2.75) is 19.3 Å². The fraction of sp³-hybridized carbons (Fsp3) is 0.111. The van der Waals surface area contributed by atoms with Crippen LogP contribution in [-0.2, 0) is 5.41 Å². The Morgan fingerprint density at radius 3 is 2.39 bits per heavy atom. The van der Waals surface area contributed by atoms with Crippen molar-refractivity contribution in [1.82, 2.24) is 4.57 Å². The number of benzene rings is 4. The summed E-state index contributed by atoms with van der Waals surface area (Å²) in [5, 5.41) is 4.49. The summed E-state index contributed by atoms with van der Waals surface area (Å²) < 4.78 is 8.49. The number of hydrogen-bond acceptors (Lipinski definition) is 1. The molecule has 4 saturated heterocycles. The number of para-hydroxylation sites is 2. The maximum atomic E-state index is 5.87. The van der Waals surface area contributed by atoms with Crippen molar-refractivity contribution < 1.29 is 0 Å². The number of hydrogen-bond donors (Lipinski definition) is 0. The van der Waals surface area contributed by atoms with Crippen LogP contribution < -0.4 is 21.7 Å². The van der Waals surface area contributed by atoms with Crippen molar-refractivity contribution in [3.05, 3.63) is 90.0 Å². The molecule has 0 aliphatic carbocycles. The van der Waals surface area contributed by atoms with Gasteiger partial charge in [-0.2, -0.15) is 0 Å². The van der Waals surface area contributed by atoms with Crippen LogP contribution in [0.25, 0.3) is 27.5 Å². The van der Waals surface area contributed by atoms with E-state index in [1.165, 1.54) is 55.0 Å². The minimum atomic E-state index is -2.38. The molecule has 11 heteroatoms. The summed E-state index contributed by atoms with van der Waals surface area (Å²) in [6.07, 6.45) is -0.0510. The van der Waals surface area contributed by atoms with Gasteiger partial charge in [-0.1, -0.05) is 0 Å². The van der Waals surface area contributed by atoms with Gasteiger partial charge >= 0.3 is 228 Å². The minimum absolute atomic E-state index is 0.0655. The normalized spacial score (nSPS) is 23.0. The molecule has 7 heterocycles. The predicted octanol–water partition coefficient (Wildman–Crippen LogP) is 3.05. The zero-order valence-corrected chi connectivity index (χ0v) is 23.1. The Kier molecular flexibility index (Phi) is 3.19. The summed E-state index contributed by atoms with van der Waals surface area (Å²) in [5.41, 5.74) is 11.5. The van der Waals surface area contributed by atoms with Crippen LogP contribution in [0.3, 0.4) is 0 Å². The molecule has 0 bridgehead atoms. The van der Waals surface area contributed by atoms with Gasteiger partial charge in [0.2, 0.25) is 0 Å². The van der Waals surface area contributed by atoms with E-state index in [1.54, 1.807) is 5.30 Å². The van der Waals surface area contributed by atoms with E-state index in [0.29, 0.717) is 6.21 Å². The van der Waals surface area contributed by atoms with Crippen molar-refractivity contribution in [2.75, 3.05) is 0 Å². The summed E-state index contributed by atoms with van der Waals surface area (Å²) in [4.78, 5) is 0. The molecule has 6 aliphatic heterocycles. The van der Waals surface area contributed by atoms with E-state index < -0.39 is 6.39 Å². The summed E-state index contributed by atoms with van der Waals surface area (Å²) in [5.74, 6) is 0. The fourth-order valence-electron chi connectivity index (χ4n) is 8.35. The zero-order chi connectivity index (χ0) is 24.8. The van der Waals surface area contributed by atoms with Crippen molar-refractivity contribution in [3.63, 3.8) is 0 Å². The monoisotopic (exact) mass is 510 g/mol. The molecule has 0 atom stereocenters. The molecule has 0 unspecified atom stereocenters. The van der Waals surface area contributed by atoms with Gasteiger partial charge in [-0.25, -0.2) is 0 Å². The molecule has 6 aliphatic rings. The second-order valence-electron chi connectivity index (χ2n) is 12.8. The van der Waals surface area contributed by atoms with Gasteiger partial charge in [0.25, 0.3) is 0 Å². The second kappa shape index (κ2) is 5.89. The first kappa shape index (κ1) is 20.6. The molecule has 11 rings (SSSR count). The Morgan fingerprint density at radius 1 is 0.921 bits per heavy atom. The van der Waals surface area contributed by atoms with Gasteiger partial charge in [0.05, 0.1) is 0 Å². The number of aromatic nitrogens is 1. The first-order chi connectivity index (χ1) is 18.5. The van der Waals surface area contributed by atoms with Crippen molar-refractivity contribution >= 4 is 104 Å². The van der Waals surface area contributed by atoms with Gasteiger partial charge in [0.15, 0.2) is 0 Å². The van der Waals surface area contributed by atoms with Crippen LogP contribution in [0.2, 0.25) is 0 Å². The third-order valence-corrected chi connectivity index (χ3v) is 19.1. The van der Waals surface area contributed by atoms with E-state index >= 15 is 0 Å². The van der Waals surface area contributed by atoms with E-state index in [1.807, 2.05) is 0 Å². The Hall–Kier alpha value is -2.34. The average molecular weight is 509 g/mol. The molecule has 38 heavy (non-hydrogen) atoms. The van der Waals surface area contributed by atoms with E-state index in [-0.39, 0.29) is 19.6 Å². The molecule has 4 fully saturated rings. The molecule has 0 saturated carbocycles. The van der Waals surface area contributed by atoms with E-state index in [0.717, 1.165) is 12.4 Å². The van der Waals surface area contributed by atoms with Gasteiger partial charge in [-0.05, 0) is 0 Å². The fourth-order valence-corrected chi connectivity index (χ4v) is 17.7. The predicted molar refractivity (Wildman–Crippen MR) is 174 cm³/mol. The Bertz CT molecular complexity index is 2050. The number of nitrogens with zero attached hydrogens (tertiary/aromatic N) is 2. The molecule has 5 radical (unpaired) electrons. The van der Waals surface area contributed by atoms with Crippen LogP contribution >= 0.6 is 13.9 Å². The van der Waals surface area contributed by atoms with Crippen molar-refractivity contribution in [3.8, 4) is 5.69 Å². The quantitative estimate of drug-likeness (QED) is 0.253. The summed E-state index contributed by atoms with van der Waals surface area (Å²) in [6, 6.07) is 30.3. The molecule has 2 nitrogen and oxygen atoms in total. The zero-order valence-electron chi connectivity index (χ0n) is 21.3. The standard InChI is InChI=1S/C27H19B7N2P2/c1-27(2)17-10-4-5-11-19(17)31-20-12-6-8-14-22(20)36-21-13-7-3-9-16(21)24-23(15-18(27)25(31)26(24)36)38(29-32(38)30-38)35-37-33-28-34(33)37/h3-15H,1-2H3/q-1. The molecule has 0 spiro atoms. The average Bonchev–Trinajstić information content (AvgIpc) is 3.84. The van der Waals surface area contributed by atoms with Gasteiger partial charge in [0.1, 0.15) is 0 Å². The van der Waals surface area contributed by atoms with E-state index in [4.69, 9.17) is 4.52 Å². The van der Waals surface area contributed by atoms with Crippen molar-refractivity contribution in [2.24, 2.45) is 4.52 Å². The SMILES string of the molecule is CC1(C)c2ccccc2B2c3ccccc3-n3c4ccccc4c4c(P56(N=[P+]7B8[B-]B87)[B]B5[B-]6)cc1c2c43. The molecular formula is C27H19B7N2P2-. The van der Waals surface area contributed by atoms with Gasteiger partial charge < -0.3 is 0 Å². The van der Waals surface area contributed by atoms with E-state index in [2.05, 4.69) is 118 Å². The van der Waals surface area contributed by atoms with Gasteiger partial charge in [-0.15, -0.1) is 0 Å². The van der Waals surface area contributed by atoms with Crippen LogP contribution in [0.4, 0.5) is 0 Å². The molecule has 0 amide bonds. The first-order valence-corrected chi connectivity index (χ1v) is 17.8. The van der Waals surface area contributed by atoms with Crippen LogP contribution in [0.15, 0.2) is 83.4 Å². The molecule has 4 aromatic carbocycles. The van der Waals surface area contributed by atoms with Crippen LogP contribution in [-0.4, -0.2) is 50.8 Å². The Morgan fingerprint density at radius 2 is 1.63 bits per heavy atom. The summed E-state index contributed by atoms with van der Waals surface area (Å²) >= 11 is 0. The summed E-state index contributed by atoms with van der Waals surface area (Å²) in [6.45, 7) is 10.5. The summed E-state index contributed by atoms with van der Waals surface area (Å²) in [7, 11) is 2.40. The number of fused-ring (bicyclic) bond motifs is 10. The molecular weight excluding hydrogens is 490 g/mol. The second-order valence-corrected chi connectivity index (χ2v) is 19.8. The maximum absolute atomic E-state index is 5.87. The third kappa shape index (κ3) is 2.04. The van der Waals surface area contributed by atoms with Crippen molar-refractivity contribution in [1.29, 1.82) is 0 Å². The Balaban J connectivity index is 1.38. The number of rotatable bonds is 2. The third-order valence-electron chi connectivity index (χ3n) is 10.7. The first-order valence-electron chi connectivity index (χ1n) is 13.9. The van der Waals surface area contributed by atoms with Crippen LogP contribution in [0, 0.1) is 0 Å². The molecule has 169 valence electrons. The van der Waals surface area contributed by atoms with E-state index in [9.17, 15) is 0 Å². The van der Waals surface area contributed by atoms with Gasteiger partial charge in [0, 0.05) is 0 Å². The van der Waals surface area contributed by atoms with Crippen LogP contribution in [0.1, 0.15) is 25.0 Å².